The summed E-state index contributed by atoms with van der Waals surface area (Å²) in [6, 6.07) is 71.1. The Balaban J connectivity index is 1.18. The second kappa shape index (κ2) is 12.6. The number of oxazole rings is 1. The van der Waals surface area contributed by atoms with Crippen LogP contribution in [0.3, 0.4) is 0 Å². The number of hydrogen-bond donors (Lipinski definition) is 0. The maximum absolute atomic E-state index is 6.62. The summed E-state index contributed by atoms with van der Waals surface area (Å²) in [5.41, 5.74) is 11.6. The number of benzene rings is 9. The summed E-state index contributed by atoms with van der Waals surface area (Å²) in [6.07, 6.45) is 0. The molecule has 0 saturated carbocycles. The molecule has 0 bridgehead atoms. The van der Waals surface area contributed by atoms with Crippen molar-refractivity contribution in [1.29, 1.82) is 0 Å². The summed E-state index contributed by atoms with van der Waals surface area (Å²) < 4.78 is 9.00. The molecule has 2 aromatic heterocycles. The molecule has 55 heavy (non-hydrogen) atoms. The van der Waals surface area contributed by atoms with Crippen molar-refractivity contribution in [3.05, 3.63) is 200 Å². The third kappa shape index (κ3) is 5.11. The van der Waals surface area contributed by atoms with E-state index in [2.05, 4.69) is 179 Å². The third-order valence-corrected chi connectivity index (χ3v) is 10.8. The first-order chi connectivity index (χ1) is 27.3. The minimum atomic E-state index is 0.623. The average molecular weight is 704 g/mol. The summed E-state index contributed by atoms with van der Waals surface area (Å²) in [5, 5.41) is 6.81. The van der Waals surface area contributed by atoms with E-state index in [1.807, 2.05) is 30.3 Å². The van der Waals surface area contributed by atoms with Gasteiger partial charge in [0.2, 0.25) is 5.89 Å². The molecule has 0 aliphatic carbocycles. The van der Waals surface area contributed by atoms with Gasteiger partial charge in [-0.1, -0.05) is 127 Å². The van der Waals surface area contributed by atoms with E-state index >= 15 is 0 Å². The number of hydrogen-bond acceptors (Lipinski definition) is 3. The Morgan fingerprint density at radius 1 is 0.436 bits per heavy atom. The number of fused-ring (bicyclic) bond motifs is 8. The first-order valence-electron chi connectivity index (χ1n) is 18.6. The van der Waals surface area contributed by atoms with Crippen molar-refractivity contribution in [2.45, 2.75) is 0 Å². The van der Waals surface area contributed by atoms with Gasteiger partial charge in [-0.3, -0.25) is 0 Å². The molecule has 11 aromatic rings. The minimum Gasteiger partial charge on any atom is -0.435 e. The summed E-state index contributed by atoms with van der Waals surface area (Å²) in [5.74, 6) is 0.623. The van der Waals surface area contributed by atoms with Crippen molar-refractivity contribution in [2.75, 3.05) is 4.90 Å². The van der Waals surface area contributed by atoms with Crippen molar-refractivity contribution < 1.29 is 4.42 Å². The van der Waals surface area contributed by atoms with Gasteiger partial charge in [0.15, 0.2) is 5.58 Å². The van der Waals surface area contributed by atoms with Crippen molar-refractivity contribution >= 4 is 71.5 Å². The summed E-state index contributed by atoms with van der Waals surface area (Å²) in [6.45, 7) is 0. The zero-order valence-corrected chi connectivity index (χ0v) is 29.8. The first-order valence-corrected chi connectivity index (χ1v) is 18.6. The lowest BCUT2D eigenvalue weighted by Gasteiger charge is -2.27. The molecule has 0 aliphatic rings. The van der Waals surface area contributed by atoms with Crippen molar-refractivity contribution in [1.82, 2.24) is 9.55 Å². The Labute approximate surface area is 317 Å². The van der Waals surface area contributed by atoms with E-state index in [1.165, 1.54) is 27.4 Å². The van der Waals surface area contributed by atoms with Gasteiger partial charge in [-0.15, -0.1) is 0 Å². The predicted molar refractivity (Wildman–Crippen MR) is 229 cm³/mol. The normalized spacial score (nSPS) is 11.6. The smallest absolute Gasteiger partial charge is 0.227 e. The van der Waals surface area contributed by atoms with Crippen molar-refractivity contribution in [3.8, 4) is 28.3 Å². The minimum absolute atomic E-state index is 0.623. The molecule has 4 heteroatoms. The van der Waals surface area contributed by atoms with E-state index in [0.29, 0.717) is 5.89 Å². The van der Waals surface area contributed by atoms with Crippen LogP contribution in [0.2, 0.25) is 0 Å². The van der Waals surface area contributed by atoms with Crippen LogP contribution in [0, 0.1) is 0 Å². The van der Waals surface area contributed by atoms with Crippen LogP contribution >= 0.6 is 0 Å². The van der Waals surface area contributed by atoms with E-state index < -0.39 is 0 Å². The molecule has 9 aromatic carbocycles. The molecule has 11 rings (SSSR count). The quantitative estimate of drug-likeness (QED) is 0.162. The number of nitrogens with zero attached hydrogens (tertiary/aromatic N) is 3. The van der Waals surface area contributed by atoms with Gasteiger partial charge >= 0.3 is 0 Å². The fraction of sp³-hybridized carbons (Fsp3) is 0. The van der Waals surface area contributed by atoms with E-state index in [0.717, 1.165) is 66.5 Å². The van der Waals surface area contributed by atoms with Crippen LogP contribution in [0.5, 0.6) is 0 Å². The van der Waals surface area contributed by atoms with Crippen molar-refractivity contribution in [3.63, 3.8) is 0 Å². The lowest BCUT2D eigenvalue weighted by Crippen LogP contribution is -2.10. The molecule has 0 spiro atoms. The van der Waals surface area contributed by atoms with Gasteiger partial charge < -0.3 is 13.9 Å². The van der Waals surface area contributed by atoms with E-state index in [1.54, 1.807) is 0 Å². The largest absolute Gasteiger partial charge is 0.435 e. The van der Waals surface area contributed by atoms with Crippen LogP contribution in [0.4, 0.5) is 17.1 Å². The third-order valence-electron chi connectivity index (χ3n) is 10.8. The number of rotatable bonds is 6. The molecule has 0 fully saturated rings. The van der Waals surface area contributed by atoms with Crippen LogP contribution in [0.25, 0.3) is 82.7 Å². The highest BCUT2D eigenvalue weighted by molar-refractivity contribution is 6.20. The number of anilines is 3. The first kappa shape index (κ1) is 31.1. The number of para-hydroxylation sites is 2. The van der Waals surface area contributed by atoms with Gasteiger partial charge in [-0.05, 0) is 100 Å². The standard InChI is InChI=1S/C51H33N3O/c1-4-13-34(14-5-1)35-25-29-40(30-26-35)53(46-21-12-22-47-49(46)42-19-10-11-20-45(42)54(47)39-17-8-3-9-18-39)41-31-27-36-23-24-37-28-32-44-50(48(37)43(36)33-41)55-51(52-44)38-15-6-2-7-16-38/h1-33H. The van der Waals surface area contributed by atoms with E-state index in [9.17, 15) is 0 Å². The lowest BCUT2D eigenvalue weighted by molar-refractivity contribution is 0.623. The molecule has 0 atom stereocenters. The SMILES string of the molecule is c1ccc(-c2ccc(N(c3ccc4ccc5ccc6nc(-c7ccccc7)oc6c5c4c3)c3cccc4c3c3ccccc3n4-c3ccccc3)cc2)cc1. The van der Waals surface area contributed by atoms with E-state index in [-0.39, 0.29) is 0 Å². The Morgan fingerprint density at radius 3 is 1.85 bits per heavy atom. The number of aromatic nitrogens is 2. The monoisotopic (exact) mass is 703 g/mol. The van der Waals surface area contributed by atoms with Crippen LogP contribution in [0.15, 0.2) is 205 Å². The Bertz CT molecular complexity index is 3180. The maximum Gasteiger partial charge on any atom is 0.227 e. The van der Waals surface area contributed by atoms with Gasteiger partial charge in [-0.25, -0.2) is 4.98 Å². The topological polar surface area (TPSA) is 34.2 Å². The highest BCUT2D eigenvalue weighted by atomic mass is 16.3. The Hall–Kier alpha value is -7.43. The fourth-order valence-corrected chi connectivity index (χ4v) is 8.26. The summed E-state index contributed by atoms with van der Waals surface area (Å²) in [7, 11) is 0. The van der Waals surface area contributed by atoms with Crippen molar-refractivity contribution in [2.24, 2.45) is 0 Å². The fourth-order valence-electron chi connectivity index (χ4n) is 8.26. The summed E-state index contributed by atoms with van der Waals surface area (Å²) >= 11 is 0. The lowest BCUT2D eigenvalue weighted by atomic mass is 9.99. The van der Waals surface area contributed by atoms with Crippen LogP contribution in [-0.4, -0.2) is 9.55 Å². The second-order valence-corrected chi connectivity index (χ2v) is 14.0. The predicted octanol–water partition coefficient (Wildman–Crippen LogP) is 14.0. The highest BCUT2D eigenvalue weighted by Gasteiger charge is 2.22. The van der Waals surface area contributed by atoms with Gasteiger partial charge in [0, 0.05) is 38.8 Å². The molecular weight excluding hydrogens is 671 g/mol. The Morgan fingerprint density at radius 2 is 1.05 bits per heavy atom. The molecule has 0 unspecified atom stereocenters. The molecule has 258 valence electrons. The summed E-state index contributed by atoms with van der Waals surface area (Å²) in [4.78, 5) is 7.35. The molecule has 0 N–H and O–H groups in total. The zero-order valence-electron chi connectivity index (χ0n) is 29.8. The zero-order chi connectivity index (χ0) is 36.3. The molecule has 0 aliphatic heterocycles. The van der Waals surface area contributed by atoms with Gasteiger partial charge in [0.1, 0.15) is 5.52 Å². The molecule has 0 radical (unpaired) electrons. The van der Waals surface area contributed by atoms with Crippen LogP contribution < -0.4 is 4.90 Å². The second-order valence-electron chi connectivity index (χ2n) is 14.0. The molecule has 0 saturated heterocycles. The van der Waals surface area contributed by atoms with Gasteiger partial charge in [-0.2, -0.15) is 0 Å². The Kier molecular flexibility index (Phi) is 7.14. The molecule has 0 amide bonds. The van der Waals surface area contributed by atoms with E-state index in [4.69, 9.17) is 9.40 Å². The van der Waals surface area contributed by atoms with Crippen LogP contribution in [0.1, 0.15) is 0 Å². The van der Waals surface area contributed by atoms with Crippen LogP contribution in [-0.2, 0) is 0 Å². The molecule has 2 heterocycles. The molecular formula is C51H33N3O. The van der Waals surface area contributed by atoms with Gasteiger partial charge in [0.05, 0.1) is 16.7 Å². The van der Waals surface area contributed by atoms with Gasteiger partial charge in [0.25, 0.3) is 0 Å². The average Bonchev–Trinajstić information content (AvgIpc) is 3.85. The highest BCUT2D eigenvalue weighted by Crippen LogP contribution is 2.45. The maximum atomic E-state index is 6.62. The molecule has 4 nitrogen and oxygen atoms in total.